The van der Waals surface area contributed by atoms with Crippen molar-refractivity contribution in [2.75, 3.05) is 12.9 Å². The Kier molecular flexibility index (Phi) is 5.28. The highest BCUT2D eigenvalue weighted by atomic mass is 32.2. The first-order chi connectivity index (χ1) is 12.6. The zero-order chi connectivity index (χ0) is 18.7. The second-order valence-corrected chi connectivity index (χ2v) is 7.80. The van der Waals surface area contributed by atoms with Gasteiger partial charge in [-0.1, -0.05) is 6.07 Å². The summed E-state index contributed by atoms with van der Waals surface area (Å²) in [7, 11) is 0.117. The number of carbonyl (C=O) groups excluding carboxylic acids is 2. The normalized spacial score (nSPS) is 20.6. The molecule has 1 fully saturated rings. The maximum Gasteiger partial charge on any atom is 0.233 e. The van der Waals surface area contributed by atoms with Crippen molar-refractivity contribution in [2.24, 2.45) is 0 Å². The Balaban J connectivity index is 1.97. The van der Waals surface area contributed by atoms with Gasteiger partial charge in [0.2, 0.25) is 5.88 Å². The average Bonchev–Trinajstić information content (AvgIpc) is 3.02. The third-order valence-electron chi connectivity index (χ3n) is 4.14. The lowest BCUT2D eigenvalue weighted by molar-refractivity contribution is 0.391. The Bertz CT molecular complexity index is 916. The number of ether oxygens (including phenoxy) is 1. The Morgan fingerprint density at radius 1 is 1.15 bits per heavy atom. The van der Waals surface area contributed by atoms with Gasteiger partial charge in [0.15, 0.2) is 0 Å². The van der Waals surface area contributed by atoms with Gasteiger partial charge in [-0.15, -0.1) is 5.10 Å². The van der Waals surface area contributed by atoms with Gasteiger partial charge in [0, 0.05) is 28.7 Å². The number of hydrogen-bond acceptors (Lipinski definition) is 5. The van der Waals surface area contributed by atoms with E-state index in [0.29, 0.717) is 11.3 Å². The largest absolute Gasteiger partial charge is 0.480 e. The first-order valence-corrected chi connectivity index (χ1v) is 9.34. The molecule has 1 aliphatic heterocycles. The fourth-order valence-corrected chi connectivity index (χ4v) is 5.45. The van der Waals surface area contributed by atoms with E-state index >= 15 is 0 Å². The Morgan fingerprint density at radius 3 is 2.42 bits per heavy atom. The van der Waals surface area contributed by atoms with E-state index in [1.807, 2.05) is 11.9 Å². The van der Waals surface area contributed by atoms with Crippen molar-refractivity contribution in [3.63, 3.8) is 0 Å². The molecule has 3 rings (SSSR count). The van der Waals surface area contributed by atoms with Gasteiger partial charge >= 0.3 is 0 Å². The molecule has 1 aliphatic rings. The molecule has 8 heteroatoms. The predicted molar refractivity (Wildman–Crippen MR) is 93.7 cm³/mol. The summed E-state index contributed by atoms with van der Waals surface area (Å²) >= 11 is 0. The van der Waals surface area contributed by atoms with Crippen molar-refractivity contribution in [1.82, 2.24) is 10.2 Å². The van der Waals surface area contributed by atoms with Crippen LogP contribution in [0.15, 0.2) is 40.8 Å². The third kappa shape index (κ3) is 3.30. The topological polar surface area (TPSA) is 69.2 Å². The average molecular weight is 376 g/mol. The van der Waals surface area contributed by atoms with Crippen LogP contribution in [0.1, 0.15) is 17.2 Å². The summed E-state index contributed by atoms with van der Waals surface area (Å²) in [5, 5.41) is 7.84. The molecule has 2 unspecified atom stereocenters. The summed E-state index contributed by atoms with van der Waals surface area (Å²) < 4.78 is 32.9. The third-order valence-corrected chi connectivity index (χ3v) is 6.59. The van der Waals surface area contributed by atoms with Gasteiger partial charge in [0.1, 0.15) is 23.5 Å². The number of methoxy groups -OCH3 is 1. The van der Waals surface area contributed by atoms with Crippen LogP contribution in [0.25, 0.3) is 0 Å². The molecule has 134 valence electrons. The minimum absolute atomic E-state index is 0.00365. The van der Waals surface area contributed by atoms with E-state index in [2.05, 4.69) is 10.2 Å². The van der Waals surface area contributed by atoms with E-state index in [1.54, 1.807) is 12.1 Å². The van der Waals surface area contributed by atoms with Gasteiger partial charge < -0.3 is 4.74 Å². The van der Waals surface area contributed by atoms with Crippen LogP contribution in [0.5, 0.6) is 5.88 Å². The lowest BCUT2D eigenvalue weighted by atomic mass is 9.98. The molecular weight excluding hydrogens is 362 g/mol. The predicted octanol–water partition coefficient (Wildman–Crippen LogP) is 2.54. The fraction of sp³-hybridized carbons (Fsp3) is 0.222. The summed E-state index contributed by atoms with van der Waals surface area (Å²) in [5.74, 6) is 2.15. The minimum atomic E-state index is -1.32. The molecule has 0 saturated carbocycles. The molecule has 2 aromatic rings. The van der Waals surface area contributed by atoms with E-state index in [1.165, 1.54) is 13.2 Å². The lowest BCUT2D eigenvalue weighted by Crippen LogP contribution is -2.05. The fourth-order valence-electron chi connectivity index (χ4n) is 2.87. The molecule has 5 nitrogen and oxygen atoms in total. The quantitative estimate of drug-likeness (QED) is 0.656. The molecular formula is C18H14F2N2O3S. The van der Waals surface area contributed by atoms with Crippen LogP contribution in [0.4, 0.5) is 8.78 Å². The van der Waals surface area contributed by atoms with Gasteiger partial charge in [-0.25, -0.2) is 29.3 Å². The van der Waals surface area contributed by atoms with Crippen LogP contribution in [0.2, 0.25) is 0 Å². The highest BCUT2D eigenvalue weighted by Crippen LogP contribution is 2.55. The zero-order valence-electron chi connectivity index (χ0n) is 13.7. The second-order valence-electron chi connectivity index (χ2n) is 5.60. The Labute approximate surface area is 150 Å². The molecule has 2 atom stereocenters. The van der Waals surface area contributed by atoms with E-state index in [4.69, 9.17) is 4.74 Å². The Hall–Kier alpha value is -2.79. The summed E-state index contributed by atoms with van der Waals surface area (Å²) in [5.41, 5.74) is 0.588. The van der Waals surface area contributed by atoms with Crippen molar-refractivity contribution in [3.05, 3.63) is 63.7 Å². The highest BCUT2D eigenvalue weighted by Gasteiger charge is 2.37. The number of nitrogens with zero attached hydrogens (tertiary/aromatic N) is 2. The summed E-state index contributed by atoms with van der Waals surface area (Å²) in [4.78, 5) is 23.3. The summed E-state index contributed by atoms with van der Waals surface area (Å²) in [6.45, 7) is 0. The SMILES string of the molecule is COc1ccc(C2C(=C=O)C[SH](Cc3c(F)cccc3F)C2=C=O)nn1. The first-order valence-electron chi connectivity index (χ1n) is 7.63. The van der Waals surface area contributed by atoms with Crippen LogP contribution in [-0.4, -0.2) is 34.9 Å². The van der Waals surface area contributed by atoms with Crippen molar-refractivity contribution >= 4 is 22.8 Å². The molecule has 1 aromatic heterocycles. The smallest absolute Gasteiger partial charge is 0.233 e. The number of aromatic nitrogens is 2. The number of hydrogen-bond donors (Lipinski definition) is 1. The molecule has 0 spiro atoms. The zero-order valence-corrected chi connectivity index (χ0v) is 14.6. The molecule has 0 radical (unpaired) electrons. The number of halogens is 2. The molecule has 0 N–H and O–H groups in total. The first kappa shape index (κ1) is 18.0. The number of thiol groups is 1. The van der Waals surface area contributed by atoms with E-state index in [-0.39, 0.29) is 27.9 Å². The van der Waals surface area contributed by atoms with Crippen molar-refractivity contribution in [3.8, 4) is 5.88 Å². The maximum atomic E-state index is 14.0. The highest BCUT2D eigenvalue weighted by molar-refractivity contribution is 8.20. The Morgan fingerprint density at radius 2 is 1.88 bits per heavy atom. The van der Waals surface area contributed by atoms with Crippen LogP contribution in [0.3, 0.4) is 0 Å². The molecule has 26 heavy (non-hydrogen) atoms. The van der Waals surface area contributed by atoms with Crippen LogP contribution >= 0.6 is 10.9 Å². The van der Waals surface area contributed by atoms with Gasteiger partial charge in [-0.2, -0.15) is 5.10 Å². The maximum absolute atomic E-state index is 14.0. The number of allylic oxidation sites excluding steroid dienone is 1. The second kappa shape index (κ2) is 7.62. The van der Waals surface area contributed by atoms with Crippen molar-refractivity contribution in [1.29, 1.82) is 0 Å². The van der Waals surface area contributed by atoms with Crippen LogP contribution < -0.4 is 4.74 Å². The molecule has 1 aromatic carbocycles. The monoisotopic (exact) mass is 376 g/mol. The van der Waals surface area contributed by atoms with Crippen LogP contribution in [0, 0.1) is 11.6 Å². The molecule has 2 heterocycles. The lowest BCUT2D eigenvalue weighted by Gasteiger charge is -2.17. The molecule has 1 saturated heterocycles. The molecule has 0 aliphatic carbocycles. The van der Waals surface area contributed by atoms with E-state index < -0.39 is 28.4 Å². The standard InChI is InChI=1S/C18H14F2N2O3S/c1-25-17-6-5-15(21-22-17)18-11(7-23)9-26(16(18)8-24)10-12-13(19)3-2-4-14(12)20/h2-6,18,26H,9-10H2,1H3. The number of benzene rings is 1. The number of rotatable bonds is 4. The summed E-state index contributed by atoms with van der Waals surface area (Å²) in [6, 6.07) is 6.76. The van der Waals surface area contributed by atoms with Gasteiger partial charge in [0.25, 0.3) is 0 Å². The summed E-state index contributed by atoms with van der Waals surface area (Å²) in [6.07, 6.45) is 0. The van der Waals surface area contributed by atoms with Gasteiger partial charge in [-0.05, 0) is 18.2 Å². The van der Waals surface area contributed by atoms with Crippen molar-refractivity contribution < 1.29 is 23.1 Å². The minimum Gasteiger partial charge on any atom is -0.480 e. The van der Waals surface area contributed by atoms with E-state index in [9.17, 15) is 18.4 Å². The van der Waals surface area contributed by atoms with Gasteiger partial charge in [-0.3, -0.25) is 0 Å². The van der Waals surface area contributed by atoms with E-state index in [0.717, 1.165) is 12.1 Å². The molecule has 0 amide bonds. The van der Waals surface area contributed by atoms with Crippen molar-refractivity contribution in [2.45, 2.75) is 11.7 Å². The van der Waals surface area contributed by atoms with Gasteiger partial charge in [0.05, 0.1) is 23.6 Å². The molecule has 0 bridgehead atoms. The van der Waals surface area contributed by atoms with Crippen LogP contribution in [-0.2, 0) is 15.3 Å².